The Bertz CT molecular complexity index is 1030. The number of carbonyl (C=O) groups excluding carboxylic acids is 1. The first-order valence-electron chi connectivity index (χ1n) is 11.0. The highest BCUT2D eigenvalue weighted by Gasteiger charge is 2.29. The monoisotopic (exact) mass is 390 g/mol. The van der Waals surface area contributed by atoms with E-state index in [0.29, 0.717) is 5.92 Å². The summed E-state index contributed by atoms with van der Waals surface area (Å²) in [4.78, 5) is 23.4. The molecule has 0 bridgehead atoms. The van der Waals surface area contributed by atoms with Gasteiger partial charge in [0.2, 0.25) is 0 Å². The van der Waals surface area contributed by atoms with Gasteiger partial charge in [0.05, 0.1) is 11.1 Å². The number of H-pyrrole nitrogens is 1. The molecule has 1 aliphatic heterocycles. The average Bonchev–Trinajstić information content (AvgIpc) is 3.29. The van der Waals surface area contributed by atoms with Gasteiger partial charge in [-0.25, -0.2) is 4.98 Å². The summed E-state index contributed by atoms with van der Waals surface area (Å²) in [7, 11) is 0. The minimum absolute atomic E-state index is 0.146. The fourth-order valence-corrected chi connectivity index (χ4v) is 4.96. The maximum Gasteiger partial charge on any atom is 0.255 e. The van der Waals surface area contributed by atoms with Crippen LogP contribution in [0.25, 0.3) is 10.9 Å². The van der Waals surface area contributed by atoms with E-state index in [9.17, 15) is 4.79 Å². The van der Waals surface area contributed by atoms with Gasteiger partial charge in [0.15, 0.2) is 0 Å². The normalized spacial score (nSPS) is 18.3. The van der Waals surface area contributed by atoms with E-state index in [1.807, 2.05) is 23.2 Å². The average molecular weight is 391 g/mol. The van der Waals surface area contributed by atoms with Gasteiger partial charge in [-0.1, -0.05) is 18.6 Å². The van der Waals surface area contributed by atoms with Gasteiger partial charge in [0.1, 0.15) is 5.82 Å². The second kappa shape index (κ2) is 7.36. The fourth-order valence-electron chi connectivity index (χ4n) is 4.96. The lowest BCUT2D eigenvalue weighted by molar-refractivity contribution is 0.0711. The van der Waals surface area contributed by atoms with Crippen LogP contribution < -0.4 is 0 Å². The van der Waals surface area contributed by atoms with Crippen LogP contribution in [-0.4, -0.2) is 38.4 Å². The molecule has 2 aliphatic rings. The van der Waals surface area contributed by atoms with E-state index < -0.39 is 0 Å². The maximum atomic E-state index is 13.3. The third-order valence-corrected chi connectivity index (χ3v) is 7.15. The number of rotatable bonds is 4. The number of likely N-dealkylation sites (tertiary alicyclic amines) is 1. The molecule has 0 atom stereocenters. The third kappa shape index (κ3) is 3.26. The molecule has 3 aromatic rings. The quantitative estimate of drug-likeness (QED) is 0.696. The molecular weight excluding hydrogens is 360 g/mol. The number of aromatic nitrogens is 3. The highest BCUT2D eigenvalue weighted by atomic mass is 16.2. The summed E-state index contributed by atoms with van der Waals surface area (Å²) in [5, 5.41) is 1.15. The molecule has 0 radical (unpaired) electrons. The second-order valence-corrected chi connectivity index (χ2v) is 8.90. The van der Waals surface area contributed by atoms with Crippen molar-refractivity contribution in [1.82, 2.24) is 19.4 Å². The Kier molecular flexibility index (Phi) is 4.69. The van der Waals surface area contributed by atoms with Gasteiger partial charge < -0.3 is 14.5 Å². The smallest absolute Gasteiger partial charge is 0.255 e. The van der Waals surface area contributed by atoms with E-state index >= 15 is 0 Å². The summed E-state index contributed by atoms with van der Waals surface area (Å²) in [5.74, 6) is 2.66. The van der Waals surface area contributed by atoms with Crippen LogP contribution in [0.5, 0.6) is 0 Å². The van der Waals surface area contributed by atoms with Crippen molar-refractivity contribution in [3.05, 3.63) is 53.2 Å². The molecule has 29 heavy (non-hydrogen) atoms. The van der Waals surface area contributed by atoms with E-state index in [1.54, 1.807) is 0 Å². The summed E-state index contributed by atoms with van der Waals surface area (Å²) in [5.41, 5.74) is 4.14. The maximum absolute atomic E-state index is 13.3. The van der Waals surface area contributed by atoms with Crippen LogP contribution >= 0.6 is 0 Å². The van der Waals surface area contributed by atoms with Gasteiger partial charge in [0, 0.05) is 49.0 Å². The molecule has 1 aliphatic carbocycles. The number of fused-ring (bicyclic) bond motifs is 1. The Morgan fingerprint density at radius 3 is 2.69 bits per heavy atom. The molecule has 0 unspecified atom stereocenters. The molecule has 1 aromatic carbocycles. The number of benzene rings is 1. The standard InChI is InChI=1S/C24H30N4O/c1-16-17(2)26-22-20(16)7-4-8-21(22)24(29)27-12-9-19(10-13-27)23-25-11-14-28(23)15-18-5-3-6-18/h4,7-8,11,14,18-19,26H,3,5-6,9-10,12-13,15H2,1-2H3. The van der Waals surface area contributed by atoms with Crippen molar-refractivity contribution in [3.63, 3.8) is 0 Å². The van der Waals surface area contributed by atoms with Crippen molar-refractivity contribution in [2.45, 2.75) is 58.4 Å². The largest absolute Gasteiger partial charge is 0.358 e. The molecular formula is C24H30N4O. The highest BCUT2D eigenvalue weighted by Crippen LogP contribution is 2.32. The number of hydrogen-bond donors (Lipinski definition) is 1. The van der Waals surface area contributed by atoms with Crippen LogP contribution in [0.4, 0.5) is 0 Å². The lowest BCUT2D eigenvalue weighted by Gasteiger charge is -2.33. The molecule has 2 fully saturated rings. The molecule has 5 heteroatoms. The number of carbonyl (C=O) groups is 1. The molecule has 1 N–H and O–H groups in total. The van der Waals surface area contributed by atoms with Crippen molar-refractivity contribution in [1.29, 1.82) is 0 Å². The predicted molar refractivity (Wildman–Crippen MR) is 115 cm³/mol. The summed E-state index contributed by atoms with van der Waals surface area (Å²) in [6.45, 7) is 6.89. The molecule has 0 spiro atoms. The van der Waals surface area contributed by atoms with Crippen LogP contribution in [0.3, 0.4) is 0 Å². The molecule has 152 valence electrons. The van der Waals surface area contributed by atoms with Crippen molar-refractivity contribution < 1.29 is 4.79 Å². The predicted octanol–water partition coefficient (Wildman–Crippen LogP) is 4.80. The number of aromatic amines is 1. The zero-order valence-corrected chi connectivity index (χ0v) is 17.4. The number of imidazole rings is 1. The number of nitrogens with one attached hydrogen (secondary N) is 1. The number of hydrogen-bond acceptors (Lipinski definition) is 2. The van der Waals surface area contributed by atoms with Crippen LogP contribution in [0.15, 0.2) is 30.6 Å². The van der Waals surface area contributed by atoms with E-state index in [2.05, 4.69) is 40.6 Å². The van der Waals surface area contributed by atoms with Crippen LogP contribution in [0.2, 0.25) is 0 Å². The van der Waals surface area contributed by atoms with Gasteiger partial charge in [-0.05, 0) is 57.1 Å². The fraction of sp³-hybridized carbons (Fsp3) is 0.500. The molecule has 1 saturated heterocycles. The van der Waals surface area contributed by atoms with E-state index in [-0.39, 0.29) is 5.91 Å². The summed E-state index contributed by atoms with van der Waals surface area (Å²) < 4.78 is 2.37. The number of amides is 1. The first kappa shape index (κ1) is 18.5. The minimum Gasteiger partial charge on any atom is -0.358 e. The Balaban J connectivity index is 1.29. The highest BCUT2D eigenvalue weighted by molar-refractivity contribution is 6.06. The minimum atomic E-state index is 0.146. The van der Waals surface area contributed by atoms with Gasteiger partial charge in [0.25, 0.3) is 5.91 Å². The molecule has 5 nitrogen and oxygen atoms in total. The van der Waals surface area contributed by atoms with Crippen LogP contribution in [-0.2, 0) is 6.54 Å². The SMILES string of the molecule is Cc1[nH]c2c(C(=O)N3CCC(c4nccn4CC4CCC4)CC3)cccc2c1C. The zero-order valence-electron chi connectivity index (χ0n) is 17.4. The molecule has 2 aromatic heterocycles. The van der Waals surface area contributed by atoms with Crippen molar-refractivity contribution >= 4 is 16.8 Å². The van der Waals surface area contributed by atoms with E-state index in [1.165, 1.54) is 30.7 Å². The van der Waals surface area contributed by atoms with Gasteiger partial charge >= 0.3 is 0 Å². The molecule has 5 rings (SSSR count). The Morgan fingerprint density at radius 1 is 1.17 bits per heavy atom. The number of piperidine rings is 1. The van der Waals surface area contributed by atoms with Crippen molar-refractivity contribution in [3.8, 4) is 0 Å². The number of nitrogens with zero attached hydrogens (tertiary/aromatic N) is 3. The number of aryl methyl sites for hydroxylation is 2. The summed E-state index contributed by atoms with van der Waals surface area (Å²) in [6, 6.07) is 6.05. The van der Waals surface area contributed by atoms with Crippen LogP contribution in [0.1, 0.15) is 65.5 Å². The lowest BCUT2D eigenvalue weighted by atomic mass is 9.85. The van der Waals surface area contributed by atoms with Gasteiger partial charge in [-0.15, -0.1) is 0 Å². The molecule has 1 amide bonds. The van der Waals surface area contributed by atoms with Gasteiger partial charge in [-0.3, -0.25) is 4.79 Å². The Labute approximate surface area is 172 Å². The first-order valence-corrected chi connectivity index (χ1v) is 11.0. The van der Waals surface area contributed by atoms with E-state index in [0.717, 1.165) is 60.6 Å². The Hall–Kier alpha value is -2.56. The Morgan fingerprint density at radius 2 is 1.97 bits per heavy atom. The summed E-state index contributed by atoms with van der Waals surface area (Å²) >= 11 is 0. The van der Waals surface area contributed by atoms with Crippen LogP contribution in [0, 0.1) is 19.8 Å². The van der Waals surface area contributed by atoms with Gasteiger partial charge in [-0.2, -0.15) is 0 Å². The third-order valence-electron chi connectivity index (χ3n) is 7.15. The topological polar surface area (TPSA) is 53.9 Å². The summed E-state index contributed by atoms with van der Waals surface area (Å²) in [6.07, 6.45) is 10.2. The second-order valence-electron chi connectivity index (χ2n) is 8.90. The molecule has 3 heterocycles. The first-order chi connectivity index (χ1) is 14.1. The number of para-hydroxylation sites is 1. The van der Waals surface area contributed by atoms with Crippen molar-refractivity contribution in [2.24, 2.45) is 5.92 Å². The molecule has 1 saturated carbocycles. The zero-order chi connectivity index (χ0) is 20.0. The van der Waals surface area contributed by atoms with Crippen molar-refractivity contribution in [2.75, 3.05) is 13.1 Å². The lowest BCUT2D eigenvalue weighted by Crippen LogP contribution is -2.38. The van der Waals surface area contributed by atoms with E-state index in [4.69, 9.17) is 0 Å².